The Balaban J connectivity index is 1.91. The van der Waals surface area contributed by atoms with Gasteiger partial charge < -0.3 is 9.47 Å². The molecule has 1 saturated carbocycles. The number of carbonyl (C=O) groups excluding carboxylic acids is 1. The average Bonchev–Trinajstić information content (AvgIpc) is 2.49. The predicted molar refractivity (Wildman–Crippen MR) is 70.3 cm³/mol. The van der Waals surface area contributed by atoms with E-state index in [0.29, 0.717) is 12.8 Å². The largest absolute Gasteiger partial charge is 0.432 e. The van der Waals surface area contributed by atoms with Crippen molar-refractivity contribution in [3.63, 3.8) is 0 Å². The number of ether oxygens (including phenoxy) is 2. The maximum atomic E-state index is 12.1. The molecule has 3 aliphatic rings. The van der Waals surface area contributed by atoms with Crippen LogP contribution in [0.15, 0.2) is 0 Å². The fraction of sp³-hybridized carbons (Fsp3) is 0.933. The lowest BCUT2D eigenvalue weighted by molar-refractivity contribution is -0.565. The van der Waals surface area contributed by atoms with Gasteiger partial charge in [0, 0.05) is 18.8 Å². The van der Waals surface area contributed by atoms with E-state index < -0.39 is 17.7 Å². The van der Waals surface area contributed by atoms with E-state index in [1.807, 2.05) is 20.8 Å². The van der Waals surface area contributed by atoms with Gasteiger partial charge in [-0.15, -0.1) is 0 Å². The molecule has 2 unspecified atom stereocenters. The minimum atomic E-state index is -0.793. The smallest absolute Gasteiger partial charge is 0.311 e. The van der Waals surface area contributed by atoms with Crippen LogP contribution in [0.1, 0.15) is 59.3 Å². The molecule has 2 saturated heterocycles. The molecule has 1 aliphatic carbocycles. The molecule has 0 aromatic heterocycles. The molecule has 3 fully saturated rings. The van der Waals surface area contributed by atoms with Gasteiger partial charge in [-0.25, -0.2) is 9.78 Å². The summed E-state index contributed by atoms with van der Waals surface area (Å²) in [7, 11) is 0. The van der Waals surface area contributed by atoms with Gasteiger partial charge in [-0.05, 0) is 12.8 Å². The Kier molecular flexibility index (Phi) is 3.55. The Morgan fingerprint density at radius 2 is 1.95 bits per heavy atom. The molecule has 5 nitrogen and oxygen atoms in total. The lowest BCUT2D eigenvalue weighted by Crippen LogP contribution is -2.67. The molecule has 0 aromatic rings. The van der Waals surface area contributed by atoms with Crippen molar-refractivity contribution in [2.45, 2.75) is 77.0 Å². The molecular weight excluding hydrogens is 260 g/mol. The van der Waals surface area contributed by atoms with Crippen LogP contribution in [0.5, 0.6) is 0 Å². The standard InChI is InChI=1S/C15H24O5/c1-4-14(5-2)18-13-15(20-19-14)9-7-6-8-11(15)10(3)12(16)17-13/h10-11,13H,4-9H2,1-3H3/t10-,11?,13?,15-/m1/s1. The van der Waals surface area contributed by atoms with Gasteiger partial charge in [-0.1, -0.05) is 33.6 Å². The van der Waals surface area contributed by atoms with E-state index in [1.165, 1.54) is 0 Å². The molecule has 4 atom stereocenters. The van der Waals surface area contributed by atoms with Gasteiger partial charge in [0.25, 0.3) is 0 Å². The van der Waals surface area contributed by atoms with Crippen LogP contribution in [0.3, 0.4) is 0 Å². The van der Waals surface area contributed by atoms with Crippen molar-refractivity contribution >= 4 is 5.97 Å². The lowest BCUT2D eigenvalue weighted by atomic mass is 9.67. The molecule has 5 heteroatoms. The second kappa shape index (κ2) is 4.97. The van der Waals surface area contributed by atoms with Crippen LogP contribution in [0.25, 0.3) is 0 Å². The number of rotatable bonds is 2. The summed E-state index contributed by atoms with van der Waals surface area (Å²) >= 11 is 0. The van der Waals surface area contributed by atoms with E-state index >= 15 is 0 Å². The van der Waals surface area contributed by atoms with Crippen LogP contribution >= 0.6 is 0 Å². The Hall–Kier alpha value is -0.650. The molecule has 114 valence electrons. The molecule has 3 rings (SSSR count). The fourth-order valence-electron chi connectivity index (χ4n) is 3.81. The maximum Gasteiger partial charge on any atom is 0.311 e. The highest BCUT2D eigenvalue weighted by molar-refractivity contribution is 5.74. The zero-order valence-corrected chi connectivity index (χ0v) is 12.5. The maximum absolute atomic E-state index is 12.1. The summed E-state index contributed by atoms with van der Waals surface area (Å²) in [6.45, 7) is 5.88. The number of hydrogen-bond donors (Lipinski definition) is 0. The van der Waals surface area contributed by atoms with Gasteiger partial charge in [0.2, 0.25) is 12.1 Å². The van der Waals surface area contributed by atoms with Crippen LogP contribution in [-0.2, 0) is 24.0 Å². The van der Waals surface area contributed by atoms with Crippen molar-refractivity contribution in [2.75, 3.05) is 0 Å². The van der Waals surface area contributed by atoms with Crippen molar-refractivity contribution < 1.29 is 24.0 Å². The summed E-state index contributed by atoms with van der Waals surface area (Å²) in [5.74, 6) is -1.01. The molecule has 0 amide bonds. The summed E-state index contributed by atoms with van der Waals surface area (Å²) in [5, 5.41) is 0. The Labute approximate surface area is 119 Å². The molecule has 2 heterocycles. The molecular formula is C15H24O5. The van der Waals surface area contributed by atoms with Gasteiger partial charge in [0.1, 0.15) is 0 Å². The highest BCUT2D eigenvalue weighted by Crippen LogP contribution is 2.52. The predicted octanol–water partition coefficient (Wildman–Crippen LogP) is 2.93. The molecule has 0 bridgehead atoms. The lowest BCUT2D eigenvalue weighted by Gasteiger charge is -2.56. The van der Waals surface area contributed by atoms with Gasteiger partial charge in [-0.2, -0.15) is 0 Å². The Bertz CT molecular complexity index is 392. The second-order valence-corrected chi connectivity index (χ2v) is 6.27. The first-order chi connectivity index (χ1) is 9.57. The highest BCUT2D eigenvalue weighted by atomic mass is 17.3. The molecule has 1 spiro atoms. The van der Waals surface area contributed by atoms with E-state index in [2.05, 4.69) is 0 Å². The van der Waals surface area contributed by atoms with Crippen LogP contribution < -0.4 is 0 Å². The summed E-state index contributed by atoms with van der Waals surface area (Å²) in [5.41, 5.74) is -0.612. The number of esters is 1. The van der Waals surface area contributed by atoms with Crippen LogP contribution in [-0.4, -0.2) is 23.6 Å². The minimum Gasteiger partial charge on any atom is -0.432 e. The average molecular weight is 284 g/mol. The first-order valence-corrected chi connectivity index (χ1v) is 7.82. The summed E-state index contributed by atoms with van der Waals surface area (Å²) in [6, 6.07) is 0. The van der Waals surface area contributed by atoms with Crippen molar-refractivity contribution in [3.8, 4) is 0 Å². The Morgan fingerprint density at radius 3 is 2.65 bits per heavy atom. The third-order valence-electron chi connectivity index (χ3n) is 5.31. The third kappa shape index (κ3) is 1.90. The first kappa shape index (κ1) is 14.3. The van der Waals surface area contributed by atoms with E-state index in [9.17, 15) is 4.79 Å². The number of carbonyl (C=O) groups is 1. The molecule has 2 aliphatic heterocycles. The topological polar surface area (TPSA) is 54.0 Å². The molecule has 0 radical (unpaired) electrons. The summed E-state index contributed by atoms with van der Waals surface area (Å²) in [4.78, 5) is 23.6. The molecule has 20 heavy (non-hydrogen) atoms. The Morgan fingerprint density at radius 1 is 1.20 bits per heavy atom. The molecule has 0 aromatic carbocycles. The zero-order chi connectivity index (χ0) is 14.4. The van der Waals surface area contributed by atoms with Gasteiger partial charge in [0.05, 0.1) is 5.92 Å². The van der Waals surface area contributed by atoms with E-state index in [0.717, 1.165) is 25.7 Å². The van der Waals surface area contributed by atoms with Crippen LogP contribution in [0.2, 0.25) is 0 Å². The SMILES string of the molecule is CCC1(CC)OO[C@]23CCCCC2[C@@H](C)C(=O)OC3O1. The summed E-state index contributed by atoms with van der Waals surface area (Å²) < 4.78 is 11.6. The highest BCUT2D eigenvalue weighted by Gasteiger charge is 2.63. The van der Waals surface area contributed by atoms with E-state index in [4.69, 9.17) is 19.2 Å². The zero-order valence-electron chi connectivity index (χ0n) is 12.5. The second-order valence-electron chi connectivity index (χ2n) is 6.27. The van der Waals surface area contributed by atoms with Gasteiger partial charge in [0.15, 0.2) is 5.60 Å². The van der Waals surface area contributed by atoms with Gasteiger partial charge in [-0.3, -0.25) is 4.79 Å². The van der Waals surface area contributed by atoms with Crippen LogP contribution in [0.4, 0.5) is 0 Å². The van der Waals surface area contributed by atoms with Crippen molar-refractivity contribution in [2.24, 2.45) is 11.8 Å². The van der Waals surface area contributed by atoms with Gasteiger partial charge >= 0.3 is 5.97 Å². The van der Waals surface area contributed by atoms with E-state index in [-0.39, 0.29) is 17.8 Å². The fourth-order valence-corrected chi connectivity index (χ4v) is 3.81. The van der Waals surface area contributed by atoms with Crippen molar-refractivity contribution in [1.82, 2.24) is 0 Å². The first-order valence-electron chi connectivity index (χ1n) is 7.82. The van der Waals surface area contributed by atoms with Crippen molar-refractivity contribution in [3.05, 3.63) is 0 Å². The van der Waals surface area contributed by atoms with Crippen LogP contribution in [0, 0.1) is 11.8 Å². The third-order valence-corrected chi connectivity index (χ3v) is 5.31. The monoisotopic (exact) mass is 284 g/mol. The van der Waals surface area contributed by atoms with E-state index in [1.54, 1.807) is 0 Å². The minimum absolute atomic E-state index is 0.120. The van der Waals surface area contributed by atoms with Crippen molar-refractivity contribution in [1.29, 1.82) is 0 Å². The number of hydrogen-bond acceptors (Lipinski definition) is 5. The summed E-state index contributed by atoms with van der Waals surface area (Å²) in [6.07, 6.45) is 4.64. The normalized spacial score (nSPS) is 43.4. The quantitative estimate of drug-likeness (QED) is 0.576. The molecule has 0 N–H and O–H groups in total.